The highest BCUT2D eigenvalue weighted by Gasteiger charge is 2.49. The second-order valence-electron chi connectivity index (χ2n) is 9.98. The molecule has 1 heterocycles. The lowest BCUT2D eigenvalue weighted by Gasteiger charge is -2.33. The molecular formula is C32H33N3O4. The Morgan fingerprint density at radius 1 is 1.05 bits per heavy atom. The number of hydrogen-bond donors (Lipinski definition) is 0. The smallest absolute Gasteiger partial charge is 0.306 e. The summed E-state index contributed by atoms with van der Waals surface area (Å²) in [4.78, 5) is 42.5. The summed E-state index contributed by atoms with van der Waals surface area (Å²) in [6.45, 7) is 2.54. The summed E-state index contributed by atoms with van der Waals surface area (Å²) >= 11 is 0. The summed E-state index contributed by atoms with van der Waals surface area (Å²) in [7, 11) is 1.30. The van der Waals surface area contributed by atoms with Gasteiger partial charge in [-0.05, 0) is 48.1 Å². The number of rotatable bonds is 10. The Morgan fingerprint density at radius 3 is 2.38 bits per heavy atom. The summed E-state index contributed by atoms with van der Waals surface area (Å²) in [6, 6.07) is 27.2. The zero-order valence-corrected chi connectivity index (χ0v) is 22.4. The van der Waals surface area contributed by atoms with Crippen LogP contribution in [0.3, 0.4) is 0 Å². The van der Waals surface area contributed by atoms with Crippen LogP contribution in [0.1, 0.15) is 37.3 Å². The molecule has 0 radical (unpaired) electrons. The standard InChI is InChI=1S/C32H33N3O4/c1-24(36)35(28-15-16-29(27(20-28)22-33)26-13-7-4-8-14-26)23-32(21-30(37)39-2)17-19-34(31(32)38)18-9-12-25-10-5-3-6-11-25/h3-8,10-11,13-16,20H,9,12,17-19,21,23H2,1-2H3. The molecule has 1 saturated heterocycles. The molecule has 0 saturated carbocycles. The van der Waals surface area contributed by atoms with Gasteiger partial charge in [-0.3, -0.25) is 14.4 Å². The number of methoxy groups -OCH3 is 1. The van der Waals surface area contributed by atoms with Crippen molar-refractivity contribution in [2.24, 2.45) is 5.41 Å². The minimum absolute atomic E-state index is 0.0288. The molecule has 1 unspecified atom stereocenters. The summed E-state index contributed by atoms with van der Waals surface area (Å²) in [6.07, 6.45) is 1.96. The zero-order chi connectivity index (χ0) is 27.8. The predicted octanol–water partition coefficient (Wildman–Crippen LogP) is 4.99. The number of hydrogen-bond acceptors (Lipinski definition) is 5. The SMILES string of the molecule is COC(=O)CC1(CN(C(C)=O)c2ccc(-c3ccccc3)c(C#N)c2)CCN(CCCc2ccccc2)C1=O. The van der Waals surface area contributed by atoms with E-state index in [9.17, 15) is 19.6 Å². The van der Waals surface area contributed by atoms with Crippen molar-refractivity contribution in [3.63, 3.8) is 0 Å². The van der Waals surface area contributed by atoms with Crippen molar-refractivity contribution in [1.82, 2.24) is 4.90 Å². The molecule has 1 aliphatic heterocycles. The van der Waals surface area contributed by atoms with Gasteiger partial charge >= 0.3 is 5.97 Å². The highest BCUT2D eigenvalue weighted by atomic mass is 16.5. The quantitative estimate of drug-likeness (QED) is 0.349. The third-order valence-corrected chi connectivity index (χ3v) is 7.41. The third kappa shape index (κ3) is 6.35. The highest BCUT2D eigenvalue weighted by Crippen LogP contribution is 2.39. The van der Waals surface area contributed by atoms with Crippen LogP contribution in [0.25, 0.3) is 11.1 Å². The molecule has 0 aromatic heterocycles. The molecule has 0 aliphatic carbocycles. The van der Waals surface area contributed by atoms with E-state index in [1.54, 1.807) is 17.0 Å². The lowest BCUT2D eigenvalue weighted by molar-refractivity contribution is -0.148. The molecule has 1 fully saturated rings. The number of carbonyl (C=O) groups is 3. The number of benzene rings is 3. The third-order valence-electron chi connectivity index (χ3n) is 7.41. The molecule has 3 aromatic rings. The Morgan fingerprint density at radius 2 is 1.74 bits per heavy atom. The second-order valence-corrected chi connectivity index (χ2v) is 9.98. The maximum absolute atomic E-state index is 13.8. The van der Waals surface area contributed by atoms with Crippen molar-refractivity contribution < 1.29 is 19.1 Å². The fourth-order valence-electron chi connectivity index (χ4n) is 5.29. The fraction of sp³-hybridized carbons (Fsp3) is 0.312. The largest absolute Gasteiger partial charge is 0.469 e. The van der Waals surface area contributed by atoms with Crippen molar-refractivity contribution >= 4 is 23.5 Å². The number of carbonyl (C=O) groups excluding carboxylic acids is 3. The highest BCUT2D eigenvalue weighted by molar-refractivity contribution is 5.96. The van der Waals surface area contributed by atoms with Gasteiger partial charge in [0, 0.05) is 32.2 Å². The van der Waals surface area contributed by atoms with E-state index >= 15 is 0 Å². The van der Waals surface area contributed by atoms with Crippen LogP contribution < -0.4 is 4.90 Å². The molecule has 200 valence electrons. The van der Waals surface area contributed by atoms with Crippen LogP contribution in [0, 0.1) is 16.7 Å². The van der Waals surface area contributed by atoms with E-state index in [2.05, 4.69) is 18.2 Å². The predicted molar refractivity (Wildman–Crippen MR) is 150 cm³/mol. The summed E-state index contributed by atoms with van der Waals surface area (Å²) in [5.74, 6) is -0.908. The van der Waals surface area contributed by atoms with Crippen LogP contribution in [-0.2, 0) is 25.5 Å². The Balaban J connectivity index is 1.58. The Hall–Kier alpha value is -4.44. The first kappa shape index (κ1) is 27.6. The number of likely N-dealkylation sites (tertiary alicyclic amines) is 1. The molecule has 39 heavy (non-hydrogen) atoms. The minimum Gasteiger partial charge on any atom is -0.469 e. The van der Waals surface area contributed by atoms with Crippen molar-refractivity contribution in [2.45, 2.75) is 32.6 Å². The van der Waals surface area contributed by atoms with Crippen molar-refractivity contribution in [3.05, 3.63) is 90.0 Å². The molecule has 0 spiro atoms. The van der Waals surface area contributed by atoms with Crippen LogP contribution in [0.4, 0.5) is 5.69 Å². The number of esters is 1. The number of aryl methyl sites for hydroxylation is 1. The van der Waals surface area contributed by atoms with Crippen LogP contribution in [-0.4, -0.2) is 49.4 Å². The number of anilines is 1. The van der Waals surface area contributed by atoms with Crippen LogP contribution in [0.2, 0.25) is 0 Å². The summed E-state index contributed by atoms with van der Waals surface area (Å²) in [5.41, 5.74) is 2.70. The van der Waals surface area contributed by atoms with Gasteiger partial charge in [0.2, 0.25) is 11.8 Å². The van der Waals surface area contributed by atoms with Crippen LogP contribution in [0.15, 0.2) is 78.9 Å². The van der Waals surface area contributed by atoms with Crippen LogP contribution in [0.5, 0.6) is 0 Å². The van der Waals surface area contributed by atoms with E-state index in [0.29, 0.717) is 30.8 Å². The molecule has 3 aromatic carbocycles. The molecule has 4 rings (SSSR count). The van der Waals surface area contributed by atoms with E-state index in [0.717, 1.165) is 24.0 Å². The summed E-state index contributed by atoms with van der Waals surface area (Å²) < 4.78 is 4.95. The minimum atomic E-state index is -1.10. The normalized spacial score (nSPS) is 16.5. The number of ether oxygens (including phenoxy) is 1. The fourth-order valence-corrected chi connectivity index (χ4v) is 5.29. The molecule has 7 heteroatoms. The first-order valence-electron chi connectivity index (χ1n) is 13.1. The Labute approximate surface area is 229 Å². The van der Waals surface area contributed by atoms with E-state index in [1.807, 2.05) is 54.6 Å². The van der Waals surface area contributed by atoms with E-state index in [-0.39, 0.29) is 24.8 Å². The van der Waals surface area contributed by atoms with E-state index < -0.39 is 11.4 Å². The lowest BCUT2D eigenvalue weighted by atomic mass is 9.81. The van der Waals surface area contributed by atoms with Gasteiger partial charge in [-0.1, -0.05) is 66.7 Å². The topological polar surface area (TPSA) is 90.7 Å². The molecular weight excluding hydrogens is 490 g/mol. The zero-order valence-electron chi connectivity index (χ0n) is 22.4. The molecule has 0 N–H and O–H groups in total. The van der Waals surface area contributed by atoms with Crippen molar-refractivity contribution in [3.8, 4) is 17.2 Å². The first-order chi connectivity index (χ1) is 18.9. The van der Waals surface area contributed by atoms with Gasteiger partial charge in [0.05, 0.1) is 30.6 Å². The second kappa shape index (κ2) is 12.4. The van der Waals surface area contributed by atoms with Crippen LogP contribution >= 0.6 is 0 Å². The Kier molecular flexibility index (Phi) is 8.77. The average molecular weight is 524 g/mol. The number of nitrogens with zero attached hydrogens (tertiary/aromatic N) is 3. The van der Waals surface area contributed by atoms with Gasteiger partial charge in [-0.2, -0.15) is 5.26 Å². The van der Waals surface area contributed by atoms with Gasteiger partial charge in [-0.15, -0.1) is 0 Å². The molecule has 2 amide bonds. The van der Waals surface area contributed by atoms with E-state index in [1.165, 1.54) is 24.5 Å². The molecule has 1 aliphatic rings. The summed E-state index contributed by atoms with van der Waals surface area (Å²) in [5, 5.41) is 9.88. The molecule has 0 bridgehead atoms. The van der Waals surface area contributed by atoms with Gasteiger partial charge in [-0.25, -0.2) is 0 Å². The average Bonchev–Trinajstić information content (AvgIpc) is 3.26. The van der Waals surface area contributed by atoms with Gasteiger partial charge in [0.25, 0.3) is 0 Å². The maximum Gasteiger partial charge on any atom is 0.306 e. The Bertz CT molecular complexity index is 1370. The van der Waals surface area contributed by atoms with Gasteiger partial charge in [0.15, 0.2) is 0 Å². The monoisotopic (exact) mass is 523 g/mol. The van der Waals surface area contributed by atoms with Crippen molar-refractivity contribution in [2.75, 3.05) is 31.6 Å². The number of nitriles is 1. The van der Waals surface area contributed by atoms with Gasteiger partial charge in [0.1, 0.15) is 0 Å². The maximum atomic E-state index is 13.8. The first-order valence-corrected chi connectivity index (χ1v) is 13.1. The molecule has 7 nitrogen and oxygen atoms in total. The van der Waals surface area contributed by atoms with E-state index in [4.69, 9.17) is 4.74 Å². The lowest BCUT2D eigenvalue weighted by Crippen LogP contribution is -2.47. The van der Waals surface area contributed by atoms with Gasteiger partial charge < -0.3 is 14.5 Å². The number of amides is 2. The van der Waals surface area contributed by atoms with Crippen molar-refractivity contribution in [1.29, 1.82) is 5.26 Å². The molecule has 1 atom stereocenters.